The van der Waals surface area contributed by atoms with E-state index in [2.05, 4.69) is 14.5 Å². The Morgan fingerprint density at radius 2 is 2.12 bits per heavy atom. The van der Waals surface area contributed by atoms with Gasteiger partial charge in [-0.25, -0.2) is 4.98 Å². The van der Waals surface area contributed by atoms with E-state index in [1.54, 1.807) is 0 Å². The number of ether oxygens (including phenoxy) is 2. The lowest BCUT2D eigenvalue weighted by atomic mass is 10.2. The van der Waals surface area contributed by atoms with Crippen molar-refractivity contribution in [2.24, 2.45) is 0 Å². The van der Waals surface area contributed by atoms with Crippen LogP contribution in [-0.2, 0) is 0 Å². The minimum Gasteiger partial charge on any atom is -0.501 e. The van der Waals surface area contributed by atoms with E-state index in [1.807, 2.05) is 0 Å². The van der Waals surface area contributed by atoms with Crippen molar-refractivity contribution >= 4 is 6.29 Å². The van der Waals surface area contributed by atoms with Crippen molar-refractivity contribution in [2.45, 2.75) is 6.36 Å². The highest BCUT2D eigenvalue weighted by Gasteiger charge is 2.34. The van der Waals surface area contributed by atoms with Gasteiger partial charge in [-0.2, -0.15) is 0 Å². The first-order valence-electron chi connectivity index (χ1n) is 3.86. The number of carbonyl (C=O) groups is 1. The zero-order chi connectivity index (χ0) is 12.3. The normalized spacial score (nSPS) is 11.0. The number of nitrogens with zero attached hydrogens (tertiary/aromatic N) is 1. The molecule has 88 valence electrons. The molecule has 1 N–H and O–H groups in total. The van der Waals surface area contributed by atoms with Gasteiger partial charge in [0, 0.05) is 6.20 Å². The van der Waals surface area contributed by atoms with E-state index >= 15 is 0 Å². The first kappa shape index (κ1) is 12.1. The monoisotopic (exact) mass is 237 g/mol. The fourth-order valence-electron chi connectivity index (χ4n) is 0.965. The Kier molecular flexibility index (Phi) is 3.21. The Hall–Kier alpha value is -1.99. The summed E-state index contributed by atoms with van der Waals surface area (Å²) >= 11 is 0. The molecule has 8 heteroatoms. The van der Waals surface area contributed by atoms with Crippen LogP contribution in [0.25, 0.3) is 0 Å². The maximum absolute atomic E-state index is 11.9. The standard InChI is InChI=1S/C8H6F3NO4/c1-15-6-4(3-13)2-12-7(5(6)14)16-8(9,10)11/h2-3,14H,1H3. The Labute approximate surface area is 87.4 Å². The van der Waals surface area contributed by atoms with Crippen LogP contribution in [0.2, 0.25) is 0 Å². The minimum atomic E-state index is -4.99. The van der Waals surface area contributed by atoms with Gasteiger partial charge in [0.2, 0.25) is 5.75 Å². The van der Waals surface area contributed by atoms with Gasteiger partial charge in [0.1, 0.15) is 0 Å². The van der Waals surface area contributed by atoms with Crippen molar-refractivity contribution in [1.29, 1.82) is 0 Å². The maximum atomic E-state index is 11.9. The fraction of sp³-hybridized carbons (Fsp3) is 0.250. The molecular weight excluding hydrogens is 231 g/mol. The second-order valence-corrected chi connectivity index (χ2v) is 2.57. The summed E-state index contributed by atoms with van der Waals surface area (Å²) in [7, 11) is 1.08. The molecule has 1 heterocycles. The second kappa shape index (κ2) is 4.25. The molecule has 1 aromatic rings. The minimum absolute atomic E-state index is 0.186. The Morgan fingerprint density at radius 1 is 1.50 bits per heavy atom. The summed E-state index contributed by atoms with van der Waals surface area (Å²) < 4.78 is 43.5. The topological polar surface area (TPSA) is 68.7 Å². The molecule has 1 rings (SSSR count). The smallest absolute Gasteiger partial charge is 0.501 e. The molecule has 0 aliphatic heterocycles. The van der Waals surface area contributed by atoms with Crippen LogP contribution in [-0.4, -0.2) is 29.8 Å². The molecule has 0 atom stereocenters. The molecule has 0 aliphatic carbocycles. The van der Waals surface area contributed by atoms with Crippen LogP contribution in [0.1, 0.15) is 10.4 Å². The van der Waals surface area contributed by atoms with Crippen LogP contribution in [0.3, 0.4) is 0 Å². The van der Waals surface area contributed by atoms with Gasteiger partial charge < -0.3 is 14.6 Å². The molecule has 0 unspecified atom stereocenters. The van der Waals surface area contributed by atoms with E-state index in [0.29, 0.717) is 0 Å². The van der Waals surface area contributed by atoms with Crippen molar-refractivity contribution in [3.8, 4) is 17.4 Å². The van der Waals surface area contributed by atoms with E-state index in [4.69, 9.17) is 0 Å². The number of hydrogen-bond donors (Lipinski definition) is 1. The van der Waals surface area contributed by atoms with E-state index in [-0.39, 0.29) is 11.8 Å². The molecule has 0 amide bonds. The number of rotatable bonds is 3. The summed E-state index contributed by atoms with van der Waals surface area (Å²) in [6, 6.07) is 0. The van der Waals surface area contributed by atoms with Gasteiger partial charge in [-0.1, -0.05) is 0 Å². The van der Waals surface area contributed by atoms with Gasteiger partial charge >= 0.3 is 6.36 Å². The van der Waals surface area contributed by atoms with E-state index < -0.39 is 23.7 Å². The summed E-state index contributed by atoms with van der Waals surface area (Å²) in [5.74, 6) is -2.48. The van der Waals surface area contributed by atoms with Gasteiger partial charge in [0.05, 0.1) is 12.7 Å². The molecule has 0 saturated heterocycles. The van der Waals surface area contributed by atoms with Gasteiger partial charge in [0.25, 0.3) is 5.88 Å². The third-order valence-electron chi connectivity index (χ3n) is 1.54. The zero-order valence-electron chi connectivity index (χ0n) is 7.91. The zero-order valence-corrected chi connectivity index (χ0v) is 7.91. The van der Waals surface area contributed by atoms with Gasteiger partial charge in [-0.15, -0.1) is 13.2 Å². The van der Waals surface area contributed by atoms with Crippen LogP contribution >= 0.6 is 0 Å². The molecule has 0 aromatic carbocycles. The molecule has 0 fully saturated rings. The van der Waals surface area contributed by atoms with E-state index in [9.17, 15) is 23.1 Å². The first-order chi connectivity index (χ1) is 7.39. The molecule has 0 bridgehead atoms. The number of aldehydes is 1. The van der Waals surface area contributed by atoms with Gasteiger partial charge in [0.15, 0.2) is 12.0 Å². The predicted octanol–water partition coefficient (Wildman–Crippen LogP) is 1.51. The molecule has 5 nitrogen and oxygen atoms in total. The summed E-state index contributed by atoms with van der Waals surface area (Å²) in [5, 5.41) is 9.29. The van der Waals surface area contributed by atoms with Crippen molar-refractivity contribution in [3.05, 3.63) is 11.8 Å². The number of aromatic nitrogens is 1. The Morgan fingerprint density at radius 3 is 2.56 bits per heavy atom. The van der Waals surface area contributed by atoms with Crippen LogP contribution in [0.15, 0.2) is 6.20 Å². The highest BCUT2D eigenvalue weighted by molar-refractivity contribution is 5.81. The summed E-state index contributed by atoms with van der Waals surface area (Å²) in [6.07, 6.45) is -3.91. The number of halogens is 3. The quantitative estimate of drug-likeness (QED) is 0.807. The van der Waals surface area contributed by atoms with Crippen LogP contribution in [0.5, 0.6) is 17.4 Å². The van der Waals surface area contributed by atoms with Gasteiger partial charge in [-0.05, 0) is 0 Å². The number of methoxy groups -OCH3 is 1. The lowest BCUT2D eigenvalue weighted by molar-refractivity contribution is -0.276. The second-order valence-electron chi connectivity index (χ2n) is 2.57. The SMILES string of the molecule is COc1c(C=O)cnc(OC(F)(F)F)c1O. The van der Waals surface area contributed by atoms with Crippen molar-refractivity contribution in [2.75, 3.05) is 7.11 Å². The average Bonchev–Trinajstić information content (AvgIpc) is 2.19. The molecule has 16 heavy (non-hydrogen) atoms. The van der Waals surface area contributed by atoms with Crippen LogP contribution in [0, 0.1) is 0 Å². The van der Waals surface area contributed by atoms with E-state index in [0.717, 1.165) is 13.3 Å². The van der Waals surface area contributed by atoms with Crippen molar-refractivity contribution in [3.63, 3.8) is 0 Å². The first-order valence-corrected chi connectivity index (χ1v) is 3.86. The van der Waals surface area contributed by atoms with Crippen molar-refractivity contribution in [1.82, 2.24) is 4.98 Å². The van der Waals surface area contributed by atoms with Crippen molar-refractivity contribution < 1.29 is 32.5 Å². The molecule has 0 spiro atoms. The average molecular weight is 237 g/mol. The molecule has 0 aliphatic rings. The number of hydrogen-bond acceptors (Lipinski definition) is 5. The number of pyridine rings is 1. The summed E-state index contributed by atoms with van der Waals surface area (Å²) in [4.78, 5) is 13.6. The molecule has 1 aromatic heterocycles. The van der Waals surface area contributed by atoms with Gasteiger partial charge in [-0.3, -0.25) is 4.79 Å². The molecular formula is C8H6F3NO4. The highest BCUT2D eigenvalue weighted by atomic mass is 19.4. The maximum Gasteiger partial charge on any atom is 0.574 e. The van der Waals surface area contributed by atoms with E-state index in [1.165, 1.54) is 0 Å². The summed E-state index contributed by atoms with van der Waals surface area (Å²) in [5.41, 5.74) is -0.186. The predicted molar refractivity (Wildman–Crippen MR) is 44.5 cm³/mol. The number of alkyl halides is 3. The lowest BCUT2D eigenvalue weighted by Crippen LogP contribution is -2.18. The Bertz CT molecular complexity index is 405. The lowest BCUT2D eigenvalue weighted by Gasteiger charge is -2.12. The highest BCUT2D eigenvalue weighted by Crippen LogP contribution is 2.38. The van der Waals surface area contributed by atoms with Crippen LogP contribution in [0.4, 0.5) is 13.2 Å². The molecule has 0 saturated carbocycles. The summed E-state index contributed by atoms with van der Waals surface area (Å²) in [6.45, 7) is 0. The van der Waals surface area contributed by atoms with Crippen LogP contribution < -0.4 is 9.47 Å². The number of aromatic hydroxyl groups is 1. The third-order valence-corrected chi connectivity index (χ3v) is 1.54. The largest absolute Gasteiger partial charge is 0.574 e. The molecule has 0 radical (unpaired) electrons. The fourth-order valence-corrected chi connectivity index (χ4v) is 0.965. The third kappa shape index (κ3) is 2.53. The number of carbonyl (C=O) groups excluding carboxylic acids is 1. The Balaban J connectivity index is 3.19.